The van der Waals surface area contributed by atoms with Gasteiger partial charge in [-0.3, -0.25) is 4.98 Å². The minimum absolute atomic E-state index is 0.700. The van der Waals surface area contributed by atoms with Crippen molar-refractivity contribution in [2.75, 3.05) is 0 Å². The third kappa shape index (κ3) is 25.6. The molecule has 7 heterocycles. The Kier molecular flexibility index (Phi) is 31.6. The Morgan fingerprint density at radius 1 is 0.131 bits per heavy atom. The molecule has 0 unspecified atom stereocenters. The molecule has 698 valence electrons. The summed E-state index contributed by atoms with van der Waals surface area (Å²) in [5.74, 6) is 7.41. The molecule has 0 amide bonds. The van der Waals surface area contributed by atoms with Crippen molar-refractivity contribution in [2.24, 2.45) is 0 Å². The number of pyridine rings is 1. The van der Waals surface area contributed by atoms with Crippen LogP contribution in [0.5, 0.6) is 0 Å². The zero-order chi connectivity index (χ0) is 99.3. The van der Waals surface area contributed by atoms with Crippen molar-refractivity contribution in [2.45, 2.75) is 48.5 Å². The minimum atomic E-state index is 0.700. The highest BCUT2D eigenvalue weighted by Gasteiger charge is 2.18. The van der Waals surface area contributed by atoms with Crippen molar-refractivity contribution < 1.29 is 0 Å². The molecule has 0 saturated carbocycles. The summed E-state index contributed by atoms with van der Waals surface area (Å²) in [7, 11) is 0. The highest BCUT2D eigenvalue weighted by atomic mass is 15.0. The number of hydrogen-bond acceptors (Lipinski definition) is 15. The average Bonchev–Trinajstić information content (AvgIpc) is 0.779. The van der Waals surface area contributed by atoms with Crippen LogP contribution in [-0.2, 0) is 0 Å². The molecule has 145 heavy (non-hydrogen) atoms. The number of rotatable bonds is 14. The second kappa shape index (κ2) is 47.6. The fraction of sp³-hybridized carbons (Fsp3) is 0.0538. The number of hydrogen-bond donors (Lipinski definition) is 0. The number of aromatic nitrogens is 15. The molecule has 24 aromatic rings. The molecule has 0 atom stereocenters. The van der Waals surface area contributed by atoms with Gasteiger partial charge in [-0.2, -0.15) is 0 Å². The fourth-order valence-corrected chi connectivity index (χ4v) is 16.6. The predicted octanol–water partition coefficient (Wildman–Crippen LogP) is 31.7. The van der Waals surface area contributed by atoms with Crippen molar-refractivity contribution in [3.63, 3.8) is 0 Å². The minimum Gasteiger partial charge on any atom is -0.253 e. The zero-order valence-corrected chi connectivity index (χ0v) is 81.6. The molecular weight excluding hydrogens is 1770 g/mol. The van der Waals surface area contributed by atoms with Crippen LogP contribution < -0.4 is 0 Å². The SMILES string of the molecule is Cc1cc(-c2ccccc2)c2ccccc2n1.Cc1cc(-c2ccccc2)nc(-c2ccccc2)n1.Cc1ccc2c(-c3cccc(-c4ccccc4)c3)nc(-c3ccccc3)nc2c1.Cc1nc(-c2ccccc2)c2ccccc2n1.Cc1nc(-c2ccccc2)cc(-c2ccccc2)n1.Cc1nc(-c2ccccc2)nc(-c2ccc(-c3ccccc3)cc2)n1.Cc1nc(-c2ccccc2)nc(-c2ccccc2)n1. The summed E-state index contributed by atoms with van der Waals surface area (Å²) < 4.78 is 0. The smallest absolute Gasteiger partial charge is 0.163 e. The van der Waals surface area contributed by atoms with Crippen LogP contribution in [0.25, 0.3) is 191 Å². The molecule has 0 bridgehead atoms. The van der Waals surface area contributed by atoms with E-state index in [1.54, 1.807) is 0 Å². The Morgan fingerprint density at radius 2 is 0.421 bits per heavy atom. The van der Waals surface area contributed by atoms with E-state index in [2.05, 4.69) is 290 Å². The fourth-order valence-electron chi connectivity index (χ4n) is 16.6. The monoisotopic (exact) mass is 1870 g/mol. The number of para-hydroxylation sites is 2. The van der Waals surface area contributed by atoms with E-state index >= 15 is 0 Å². The molecule has 0 radical (unpaired) electrons. The molecule has 0 N–H and O–H groups in total. The zero-order valence-electron chi connectivity index (χ0n) is 81.6. The Balaban J connectivity index is 0.000000112. The topological polar surface area (TPSA) is 193 Å². The van der Waals surface area contributed by atoms with E-state index in [0.29, 0.717) is 23.3 Å². The van der Waals surface area contributed by atoms with Crippen LogP contribution in [0.2, 0.25) is 0 Å². The van der Waals surface area contributed by atoms with Gasteiger partial charge in [0.25, 0.3) is 0 Å². The van der Waals surface area contributed by atoms with Gasteiger partial charge in [0.2, 0.25) is 0 Å². The molecule has 0 aliphatic heterocycles. The molecule has 15 heteroatoms. The van der Waals surface area contributed by atoms with Gasteiger partial charge in [-0.25, -0.2) is 69.8 Å². The predicted molar refractivity (Wildman–Crippen MR) is 594 cm³/mol. The summed E-state index contributed by atoms with van der Waals surface area (Å²) in [5, 5.41) is 3.38. The Hall–Kier alpha value is -19.0. The highest BCUT2D eigenvalue weighted by molar-refractivity contribution is 5.97. The summed E-state index contributed by atoms with van der Waals surface area (Å²) in [4.78, 5) is 68.7. The van der Waals surface area contributed by atoms with Crippen molar-refractivity contribution in [3.8, 4) is 158 Å². The quantitative estimate of drug-likeness (QED) is 0.0997. The molecule has 24 rings (SSSR count). The lowest BCUT2D eigenvalue weighted by molar-refractivity contribution is 0.991. The summed E-state index contributed by atoms with van der Waals surface area (Å²) >= 11 is 0. The molecule has 15 nitrogen and oxygen atoms in total. The normalized spacial score (nSPS) is 10.6. The number of aryl methyl sites for hydroxylation is 7. The number of nitrogens with zero attached hydrogens (tertiary/aromatic N) is 15. The van der Waals surface area contributed by atoms with Crippen molar-refractivity contribution in [1.29, 1.82) is 0 Å². The first kappa shape index (κ1) is 96.3. The van der Waals surface area contributed by atoms with Crippen LogP contribution in [-0.4, -0.2) is 74.8 Å². The second-order valence-electron chi connectivity index (χ2n) is 34.4. The Bertz CT molecular complexity index is 7780. The van der Waals surface area contributed by atoms with Crippen molar-refractivity contribution in [1.82, 2.24) is 74.8 Å². The van der Waals surface area contributed by atoms with Crippen LogP contribution >= 0.6 is 0 Å². The summed E-state index contributed by atoms with van der Waals surface area (Å²) in [6, 6.07) is 168. The molecule has 17 aromatic carbocycles. The van der Waals surface area contributed by atoms with Gasteiger partial charge >= 0.3 is 0 Å². The third-order valence-corrected chi connectivity index (χ3v) is 23.6. The van der Waals surface area contributed by atoms with E-state index in [1.807, 2.05) is 321 Å². The number of benzene rings is 17. The first-order chi connectivity index (χ1) is 71.2. The molecule has 0 fully saturated rings. The lowest BCUT2D eigenvalue weighted by atomic mass is 9.99. The van der Waals surface area contributed by atoms with E-state index in [4.69, 9.17) is 9.97 Å². The van der Waals surface area contributed by atoms with Gasteiger partial charge in [-0.05, 0) is 130 Å². The van der Waals surface area contributed by atoms with Gasteiger partial charge < -0.3 is 0 Å². The van der Waals surface area contributed by atoms with Crippen LogP contribution in [0.1, 0.15) is 40.2 Å². The molecular formula is C130H103N15. The molecule has 0 aliphatic rings. The van der Waals surface area contributed by atoms with E-state index in [0.717, 1.165) is 163 Å². The third-order valence-electron chi connectivity index (χ3n) is 23.6. The first-order valence-corrected chi connectivity index (χ1v) is 48.2. The second-order valence-corrected chi connectivity index (χ2v) is 34.4. The summed E-state index contributed by atoms with van der Waals surface area (Å²) in [6.45, 7) is 13.8. The maximum Gasteiger partial charge on any atom is 0.163 e. The van der Waals surface area contributed by atoms with Gasteiger partial charge in [-0.15, -0.1) is 0 Å². The molecule has 7 aromatic heterocycles. The van der Waals surface area contributed by atoms with Gasteiger partial charge in [0, 0.05) is 88.7 Å². The lowest BCUT2D eigenvalue weighted by Gasteiger charge is -2.11. The molecule has 0 aliphatic carbocycles. The largest absolute Gasteiger partial charge is 0.253 e. The van der Waals surface area contributed by atoms with Gasteiger partial charge in [0.05, 0.1) is 45.0 Å². The maximum atomic E-state index is 4.99. The lowest BCUT2D eigenvalue weighted by Crippen LogP contribution is -1.99. The Morgan fingerprint density at radius 3 is 0.862 bits per heavy atom. The maximum absolute atomic E-state index is 4.99. The van der Waals surface area contributed by atoms with Gasteiger partial charge in [-0.1, -0.05) is 455 Å². The standard InChI is InChI=1S/C27H20N2.C22H17N3.2C17H14N2.C16H13N3.C16H13N.C15H12N2/c1-19-15-16-24-25(17-19)28-27(21-11-6-3-7-12-21)29-26(24)23-14-8-13-22(18-23)20-9-4-2-5-10-20;1-16-23-21(19-10-6-3-7-11-19)25-22(24-16)20-14-12-18(13-15-20)17-8-4-2-5-9-17;1-13-18-16(14-8-4-2-5-9-14)12-17(19-13)15-10-6-3-7-11-15;1-13-12-16(14-8-4-2-5-9-14)19-17(18-13)15-10-6-3-7-11-15;1-12-17-15(13-8-4-2-5-9-13)19-16(18-12)14-10-6-3-7-11-14;1-12-11-15(13-7-3-2-4-8-13)14-9-5-6-10-16(14)17-12;1-11-16-14-10-6-5-9-13(14)15(17-11)12-7-3-2-4-8-12/h2-18H,1H3;2-15H,1H3;2*2-12H,1H3;2-11H,1H3;2-11H,1H3;2-10H,1H3. The number of fused-ring (bicyclic) bond motifs is 3. The molecule has 0 spiro atoms. The first-order valence-electron chi connectivity index (χ1n) is 48.2. The Labute approximate surface area is 846 Å². The van der Waals surface area contributed by atoms with E-state index in [1.165, 1.54) is 44.3 Å². The van der Waals surface area contributed by atoms with Crippen molar-refractivity contribution in [3.05, 3.63) is 538 Å². The van der Waals surface area contributed by atoms with Crippen LogP contribution in [0.4, 0.5) is 0 Å². The van der Waals surface area contributed by atoms with Gasteiger partial charge in [0.1, 0.15) is 23.3 Å². The van der Waals surface area contributed by atoms with Gasteiger partial charge in [0.15, 0.2) is 34.9 Å². The average molecular weight is 1880 g/mol. The van der Waals surface area contributed by atoms with E-state index in [-0.39, 0.29) is 0 Å². The summed E-state index contributed by atoms with van der Waals surface area (Å²) in [5.41, 5.74) is 30.0. The van der Waals surface area contributed by atoms with Crippen molar-refractivity contribution >= 4 is 32.7 Å². The summed E-state index contributed by atoms with van der Waals surface area (Å²) in [6.07, 6.45) is 0. The molecule has 0 saturated heterocycles. The highest BCUT2D eigenvalue weighted by Crippen LogP contribution is 2.36. The van der Waals surface area contributed by atoms with E-state index < -0.39 is 0 Å². The van der Waals surface area contributed by atoms with Crippen LogP contribution in [0, 0.1) is 48.5 Å². The van der Waals surface area contributed by atoms with E-state index in [9.17, 15) is 0 Å². The van der Waals surface area contributed by atoms with Crippen LogP contribution in [0.3, 0.4) is 0 Å². The van der Waals surface area contributed by atoms with Crippen LogP contribution in [0.15, 0.2) is 497 Å².